The van der Waals surface area contributed by atoms with Crippen molar-refractivity contribution in [3.63, 3.8) is 0 Å². The van der Waals surface area contributed by atoms with E-state index < -0.39 is 23.6 Å². The Morgan fingerprint density at radius 1 is 1.57 bits per heavy atom. The lowest BCUT2D eigenvalue weighted by molar-refractivity contribution is -0.124. The molecule has 3 atom stereocenters. The van der Waals surface area contributed by atoms with Crippen LogP contribution in [0.5, 0.6) is 0 Å². The maximum Gasteiger partial charge on any atom is 0.220 e. The Bertz CT molecular complexity index is 526. The summed E-state index contributed by atoms with van der Waals surface area (Å²) in [4.78, 5) is 15.4. The summed E-state index contributed by atoms with van der Waals surface area (Å²) in [6, 6.07) is 2.55. The van der Waals surface area contributed by atoms with Crippen molar-refractivity contribution in [1.82, 2.24) is 15.6 Å². The molecule has 0 aromatic carbocycles. The Balaban J connectivity index is 2.00. The van der Waals surface area contributed by atoms with Gasteiger partial charge in [-0.2, -0.15) is 4.39 Å². The molecular formula is C16H24FN3O3. The molecular weight excluding hydrogens is 301 g/mol. The van der Waals surface area contributed by atoms with Gasteiger partial charge in [0.1, 0.15) is 0 Å². The standard InChI is InChI=1S/C16H24FN3O3/c1-2-14(22)20-16(10-19-12(9-21)15(16)23)7-3-4-11-5-6-13(17)18-8-11/h5-6,8,12,15,19,21,23H,2-4,7,9-10H2,1H3,(H,20,22)/t12-,15+,16-/m0/s1. The van der Waals surface area contributed by atoms with Crippen molar-refractivity contribution in [2.24, 2.45) is 0 Å². The number of hydrogen-bond donors (Lipinski definition) is 4. The topological polar surface area (TPSA) is 94.5 Å². The Labute approximate surface area is 135 Å². The highest BCUT2D eigenvalue weighted by Gasteiger charge is 2.47. The molecule has 0 bridgehead atoms. The van der Waals surface area contributed by atoms with Crippen molar-refractivity contribution in [1.29, 1.82) is 0 Å². The van der Waals surface area contributed by atoms with Crippen LogP contribution < -0.4 is 10.6 Å². The first-order valence-corrected chi connectivity index (χ1v) is 7.94. The number of pyridine rings is 1. The zero-order chi connectivity index (χ0) is 16.9. The summed E-state index contributed by atoms with van der Waals surface area (Å²) in [5.41, 5.74) is 0.121. The third-order valence-corrected chi connectivity index (χ3v) is 4.41. The van der Waals surface area contributed by atoms with Gasteiger partial charge in [0.25, 0.3) is 0 Å². The molecule has 1 aromatic heterocycles. The molecule has 6 nitrogen and oxygen atoms in total. The Kier molecular flexibility index (Phi) is 6.04. The van der Waals surface area contributed by atoms with Crippen LogP contribution in [-0.2, 0) is 11.2 Å². The van der Waals surface area contributed by atoms with E-state index in [0.717, 1.165) is 5.56 Å². The van der Waals surface area contributed by atoms with Crippen molar-refractivity contribution in [2.75, 3.05) is 13.2 Å². The van der Waals surface area contributed by atoms with Crippen LogP contribution in [0.1, 0.15) is 31.7 Å². The summed E-state index contributed by atoms with van der Waals surface area (Å²) < 4.78 is 12.8. The van der Waals surface area contributed by atoms with Crippen molar-refractivity contribution in [3.05, 3.63) is 29.8 Å². The minimum atomic E-state index is -0.852. The lowest BCUT2D eigenvalue weighted by atomic mass is 9.86. The molecule has 0 saturated carbocycles. The number of aromatic nitrogens is 1. The number of carbonyl (C=O) groups is 1. The number of amides is 1. The van der Waals surface area contributed by atoms with Crippen molar-refractivity contribution < 1.29 is 19.4 Å². The van der Waals surface area contributed by atoms with Gasteiger partial charge in [0, 0.05) is 19.2 Å². The Morgan fingerprint density at radius 2 is 2.35 bits per heavy atom. The summed E-state index contributed by atoms with van der Waals surface area (Å²) >= 11 is 0. The minimum Gasteiger partial charge on any atom is -0.395 e. The summed E-state index contributed by atoms with van der Waals surface area (Å²) in [6.45, 7) is 1.98. The Hall–Kier alpha value is -1.57. The molecule has 0 unspecified atom stereocenters. The fourth-order valence-corrected chi connectivity index (χ4v) is 3.02. The molecule has 1 aliphatic heterocycles. The van der Waals surface area contributed by atoms with E-state index >= 15 is 0 Å². The molecule has 2 rings (SSSR count). The summed E-state index contributed by atoms with van der Waals surface area (Å²) in [5.74, 6) is -0.644. The van der Waals surface area contributed by atoms with E-state index in [1.165, 1.54) is 12.3 Å². The number of hydrogen-bond acceptors (Lipinski definition) is 5. The molecule has 23 heavy (non-hydrogen) atoms. The lowest BCUT2D eigenvalue weighted by Crippen LogP contribution is -2.57. The number of aryl methyl sites for hydroxylation is 1. The zero-order valence-corrected chi connectivity index (χ0v) is 13.3. The molecule has 1 aromatic rings. The first kappa shape index (κ1) is 17.8. The second-order valence-corrected chi connectivity index (χ2v) is 6.02. The average molecular weight is 325 g/mol. The highest BCUT2D eigenvalue weighted by Crippen LogP contribution is 2.26. The third kappa shape index (κ3) is 4.25. The van der Waals surface area contributed by atoms with Gasteiger partial charge < -0.3 is 20.8 Å². The number of nitrogens with zero attached hydrogens (tertiary/aromatic N) is 1. The maximum atomic E-state index is 12.8. The van der Waals surface area contributed by atoms with Crippen LogP contribution in [0.25, 0.3) is 0 Å². The van der Waals surface area contributed by atoms with Crippen LogP contribution in [0.4, 0.5) is 4.39 Å². The van der Waals surface area contributed by atoms with E-state index in [4.69, 9.17) is 0 Å². The van der Waals surface area contributed by atoms with E-state index in [1.807, 2.05) is 0 Å². The number of aliphatic hydroxyl groups is 2. The zero-order valence-electron chi connectivity index (χ0n) is 13.3. The average Bonchev–Trinajstić information content (AvgIpc) is 2.85. The summed E-state index contributed by atoms with van der Waals surface area (Å²) in [7, 11) is 0. The molecule has 7 heteroatoms. The molecule has 4 N–H and O–H groups in total. The van der Waals surface area contributed by atoms with Crippen molar-refractivity contribution in [3.8, 4) is 0 Å². The van der Waals surface area contributed by atoms with E-state index in [1.54, 1.807) is 13.0 Å². The van der Waals surface area contributed by atoms with Gasteiger partial charge in [0.2, 0.25) is 11.9 Å². The molecule has 1 aliphatic rings. The number of halogens is 1. The first-order chi connectivity index (χ1) is 11.0. The van der Waals surface area contributed by atoms with Gasteiger partial charge in [0.05, 0.1) is 24.3 Å². The van der Waals surface area contributed by atoms with Crippen molar-refractivity contribution >= 4 is 5.91 Å². The molecule has 1 saturated heterocycles. The van der Waals surface area contributed by atoms with E-state index in [-0.39, 0.29) is 12.5 Å². The fraction of sp³-hybridized carbons (Fsp3) is 0.625. The fourth-order valence-electron chi connectivity index (χ4n) is 3.02. The van der Waals surface area contributed by atoms with Crippen LogP contribution in [0.15, 0.2) is 18.3 Å². The molecule has 0 radical (unpaired) electrons. The SMILES string of the molecule is CCC(=O)N[C@@]1(CCCc2ccc(F)nc2)CN[C@@H](CO)[C@H]1O. The third-order valence-electron chi connectivity index (χ3n) is 4.41. The predicted molar refractivity (Wildman–Crippen MR) is 83.2 cm³/mol. The van der Waals surface area contributed by atoms with Gasteiger partial charge in [0.15, 0.2) is 0 Å². The van der Waals surface area contributed by atoms with Crippen LogP contribution in [-0.4, -0.2) is 51.9 Å². The Morgan fingerprint density at radius 3 is 2.91 bits per heavy atom. The molecule has 1 fully saturated rings. The quantitative estimate of drug-likeness (QED) is 0.535. The number of rotatable bonds is 7. The van der Waals surface area contributed by atoms with Gasteiger partial charge in [-0.1, -0.05) is 13.0 Å². The minimum absolute atomic E-state index is 0.132. The van der Waals surface area contributed by atoms with Crippen LogP contribution in [0.3, 0.4) is 0 Å². The molecule has 2 heterocycles. The molecule has 128 valence electrons. The van der Waals surface area contributed by atoms with E-state index in [9.17, 15) is 19.4 Å². The molecule has 0 spiro atoms. The first-order valence-electron chi connectivity index (χ1n) is 7.94. The molecule has 0 aliphatic carbocycles. The normalized spacial score (nSPS) is 27.1. The molecule has 1 amide bonds. The van der Waals surface area contributed by atoms with Gasteiger partial charge in [-0.05, 0) is 30.9 Å². The van der Waals surface area contributed by atoms with Crippen LogP contribution >= 0.6 is 0 Å². The van der Waals surface area contributed by atoms with Crippen LogP contribution in [0, 0.1) is 5.95 Å². The van der Waals surface area contributed by atoms with Gasteiger partial charge in [-0.3, -0.25) is 4.79 Å². The smallest absolute Gasteiger partial charge is 0.220 e. The second-order valence-electron chi connectivity index (χ2n) is 6.02. The monoisotopic (exact) mass is 325 g/mol. The summed E-state index contributed by atoms with van der Waals surface area (Å²) in [6.07, 6.45) is 2.91. The van der Waals surface area contributed by atoms with Crippen LogP contribution in [0.2, 0.25) is 0 Å². The van der Waals surface area contributed by atoms with Gasteiger partial charge in [-0.15, -0.1) is 0 Å². The second kappa shape index (κ2) is 7.81. The van der Waals surface area contributed by atoms with E-state index in [2.05, 4.69) is 15.6 Å². The number of aliphatic hydroxyl groups excluding tert-OH is 2. The number of carbonyl (C=O) groups excluding carboxylic acids is 1. The largest absolute Gasteiger partial charge is 0.395 e. The highest BCUT2D eigenvalue weighted by molar-refractivity contribution is 5.76. The summed E-state index contributed by atoms with van der Waals surface area (Å²) in [5, 5.41) is 25.8. The highest BCUT2D eigenvalue weighted by atomic mass is 19.1. The van der Waals surface area contributed by atoms with Crippen molar-refractivity contribution in [2.45, 2.75) is 50.3 Å². The van der Waals surface area contributed by atoms with Gasteiger partial charge in [-0.25, -0.2) is 4.98 Å². The lowest BCUT2D eigenvalue weighted by Gasteiger charge is -2.34. The van der Waals surface area contributed by atoms with Gasteiger partial charge >= 0.3 is 0 Å². The maximum absolute atomic E-state index is 12.8. The predicted octanol–water partition coefficient (Wildman–Crippen LogP) is 0.133. The van der Waals surface area contributed by atoms with E-state index in [0.29, 0.717) is 32.2 Å². The number of nitrogens with one attached hydrogen (secondary N) is 2.